The molecule has 0 fully saturated rings. The van der Waals surface area contributed by atoms with E-state index in [-0.39, 0.29) is 21.7 Å². The van der Waals surface area contributed by atoms with Gasteiger partial charge >= 0.3 is 0 Å². The molecule has 8 heteroatoms. The minimum atomic E-state index is -4.60. The summed E-state index contributed by atoms with van der Waals surface area (Å²) in [5.74, 6) is 0. The monoisotopic (exact) mass is 420 g/mol. The highest BCUT2D eigenvalue weighted by Gasteiger charge is 2.20. The van der Waals surface area contributed by atoms with Crippen molar-refractivity contribution in [3.63, 3.8) is 0 Å². The Labute approximate surface area is 169 Å². The standard InChI is InChI=1S/C22H16N2O5S/c1-10-6-17-19(18(7-10)30(27,28)29)22(26)14-9-16-13(8-15(14)23-17)21(25)12-5-3-4-11(2)20(12)24-16/h3-9H,1-2H3,(H,23,26)(H,24,25)(H,27,28,29). The second-order valence-corrected chi connectivity index (χ2v) is 8.90. The molecule has 5 aromatic rings. The second kappa shape index (κ2) is 6.01. The van der Waals surface area contributed by atoms with E-state index >= 15 is 0 Å². The van der Waals surface area contributed by atoms with Crippen molar-refractivity contribution in [3.05, 3.63) is 74.0 Å². The largest absolute Gasteiger partial charge is 0.354 e. The van der Waals surface area contributed by atoms with Gasteiger partial charge in [-0.1, -0.05) is 12.1 Å². The normalized spacial score (nSPS) is 12.4. The Hall–Kier alpha value is -3.49. The topological polar surface area (TPSA) is 120 Å². The zero-order valence-electron chi connectivity index (χ0n) is 16.0. The summed E-state index contributed by atoms with van der Waals surface area (Å²) in [6.45, 7) is 3.54. The molecule has 0 bridgehead atoms. The molecule has 150 valence electrons. The van der Waals surface area contributed by atoms with Crippen molar-refractivity contribution >= 4 is 53.7 Å². The van der Waals surface area contributed by atoms with Gasteiger partial charge in [-0.3, -0.25) is 14.1 Å². The number of hydrogen-bond donors (Lipinski definition) is 3. The van der Waals surface area contributed by atoms with Crippen LogP contribution in [0.5, 0.6) is 0 Å². The summed E-state index contributed by atoms with van der Waals surface area (Å²) in [5.41, 5.74) is 2.58. The van der Waals surface area contributed by atoms with Crippen LogP contribution in [0.15, 0.2) is 56.9 Å². The third-order valence-corrected chi connectivity index (χ3v) is 6.32. The molecular formula is C22H16N2O5S. The van der Waals surface area contributed by atoms with Crippen molar-refractivity contribution in [2.75, 3.05) is 0 Å². The van der Waals surface area contributed by atoms with E-state index in [2.05, 4.69) is 9.97 Å². The maximum atomic E-state index is 13.2. The van der Waals surface area contributed by atoms with Gasteiger partial charge in [0.1, 0.15) is 4.90 Å². The van der Waals surface area contributed by atoms with Crippen LogP contribution in [-0.2, 0) is 10.1 Å². The highest BCUT2D eigenvalue weighted by atomic mass is 32.2. The van der Waals surface area contributed by atoms with E-state index in [0.29, 0.717) is 32.9 Å². The number of para-hydroxylation sites is 1. The van der Waals surface area contributed by atoms with E-state index in [1.54, 1.807) is 31.2 Å². The van der Waals surface area contributed by atoms with Crippen LogP contribution < -0.4 is 10.9 Å². The van der Waals surface area contributed by atoms with Gasteiger partial charge in [0.2, 0.25) is 0 Å². The van der Waals surface area contributed by atoms with Gasteiger partial charge in [-0.05, 0) is 55.3 Å². The van der Waals surface area contributed by atoms with E-state index in [1.807, 2.05) is 19.1 Å². The Morgan fingerprint density at radius 1 is 0.800 bits per heavy atom. The van der Waals surface area contributed by atoms with Gasteiger partial charge in [0.15, 0.2) is 10.9 Å². The summed E-state index contributed by atoms with van der Waals surface area (Å²) in [4.78, 5) is 32.1. The van der Waals surface area contributed by atoms with Crippen LogP contribution >= 0.6 is 0 Å². The van der Waals surface area contributed by atoms with Crippen LogP contribution in [0.25, 0.3) is 43.6 Å². The van der Waals surface area contributed by atoms with Gasteiger partial charge in [0.05, 0.1) is 27.5 Å². The third-order valence-electron chi connectivity index (χ3n) is 5.44. The molecule has 2 aromatic heterocycles. The highest BCUT2D eigenvalue weighted by Crippen LogP contribution is 2.26. The quantitative estimate of drug-likeness (QED) is 0.283. The summed E-state index contributed by atoms with van der Waals surface area (Å²) >= 11 is 0. The number of hydrogen-bond acceptors (Lipinski definition) is 4. The smallest absolute Gasteiger partial charge is 0.295 e. The molecule has 7 nitrogen and oxygen atoms in total. The number of aromatic nitrogens is 2. The molecule has 5 rings (SSSR count). The van der Waals surface area contributed by atoms with Crippen LogP contribution in [0, 0.1) is 13.8 Å². The highest BCUT2D eigenvalue weighted by molar-refractivity contribution is 7.86. The number of fused-ring (bicyclic) bond motifs is 4. The van der Waals surface area contributed by atoms with Gasteiger partial charge in [-0.15, -0.1) is 0 Å². The third kappa shape index (κ3) is 2.58. The first-order chi connectivity index (χ1) is 14.1. The Kier molecular flexibility index (Phi) is 3.71. The van der Waals surface area contributed by atoms with Crippen LogP contribution in [0.1, 0.15) is 11.1 Å². The van der Waals surface area contributed by atoms with E-state index < -0.39 is 20.4 Å². The number of aromatic amines is 2. The lowest BCUT2D eigenvalue weighted by Gasteiger charge is -2.10. The van der Waals surface area contributed by atoms with Gasteiger partial charge < -0.3 is 9.97 Å². The molecule has 0 saturated heterocycles. The zero-order valence-corrected chi connectivity index (χ0v) is 16.8. The fourth-order valence-electron chi connectivity index (χ4n) is 4.05. The molecule has 0 spiro atoms. The van der Waals surface area contributed by atoms with E-state index in [1.165, 1.54) is 6.07 Å². The van der Waals surface area contributed by atoms with Crippen LogP contribution in [0.2, 0.25) is 0 Å². The molecule has 0 aliphatic heterocycles. The first kappa shape index (κ1) is 18.5. The molecular weight excluding hydrogens is 404 g/mol. The van der Waals surface area contributed by atoms with Crippen molar-refractivity contribution in [3.8, 4) is 0 Å². The number of rotatable bonds is 1. The molecule has 0 aliphatic carbocycles. The van der Waals surface area contributed by atoms with Crippen LogP contribution in [0.4, 0.5) is 0 Å². The van der Waals surface area contributed by atoms with Gasteiger partial charge in [0.25, 0.3) is 10.1 Å². The predicted molar refractivity (Wildman–Crippen MR) is 117 cm³/mol. The van der Waals surface area contributed by atoms with Gasteiger partial charge in [-0.25, -0.2) is 0 Å². The Balaban J connectivity index is 2.03. The lowest BCUT2D eigenvalue weighted by Crippen LogP contribution is -2.12. The summed E-state index contributed by atoms with van der Waals surface area (Å²) < 4.78 is 33.4. The first-order valence-corrected chi connectivity index (χ1v) is 10.6. The molecule has 0 unspecified atom stereocenters. The summed E-state index contributed by atoms with van der Waals surface area (Å²) in [5, 5.41) is 1.06. The van der Waals surface area contributed by atoms with E-state index in [9.17, 15) is 22.6 Å². The van der Waals surface area contributed by atoms with Crippen molar-refractivity contribution in [2.24, 2.45) is 0 Å². The fraction of sp³-hybridized carbons (Fsp3) is 0.0909. The van der Waals surface area contributed by atoms with E-state index in [4.69, 9.17) is 0 Å². The Morgan fingerprint density at radius 2 is 1.47 bits per heavy atom. The Morgan fingerprint density at radius 3 is 2.17 bits per heavy atom. The lowest BCUT2D eigenvalue weighted by molar-refractivity contribution is 0.484. The van der Waals surface area contributed by atoms with Crippen LogP contribution in [0.3, 0.4) is 0 Å². The van der Waals surface area contributed by atoms with Crippen molar-refractivity contribution in [2.45, 2.75) is 18.7 Å². The number of pyridine rings is 2. The Bertz CT molecular complexity index is 1780. The lowest BCUT2D eigenvalue weighted by atomic mass is 10.0. The minimum Gasteiger partial charge on any atom is -0.354 e. The second-order valence-electron chi connectivity index (χ2n) is 7.51. The van der Waals surface area contributed by atoms with Crippen LogP contribution in [-0.4, -0.2) is 22.9 Å². The molecule has 0 amide bonds. The molecule has 30 heavy (non-hydrogen) atoms. The first-order valence-electron chi connectivity index (χ1n) is 9.18. The maximum absolute atomic E-state index is 13.2. The van der Waals surface area contributed by atoms with Gasteiger partial charge in [-0.2, -0.15) is 8.42 Å². The molecule has 0 aliphatic rings. The number of nitrogens with one attached hydrogen (secondary N) is 2. The van der Waals surface area contributed by atoms with Crippen molar-refractivity contribution in [1.29, 1.82) is 0 Å². The average Bonchev–Trinajstić information content (AvgIpc) is 2.67. The number of H-pyrrole nitrogens is 2. The minimum absolute atomic E-state index is 0.116. The molecule has 0 atom stereocenters. The number of benzene rings is 3. The SMILES string of the molecule is Cc1cc(S(=O)(=O)O)c2c(=O)c3cc4[nH]c5c(C)cccc5c(=O)c4cc3[nH]c2c1. The molecule has 0 saturated carbocycles. The molecule has 3 N–H and O–H groups in total. The average molecular weight is 420 g/mol. The molecule has 3 aromatic carbocycles. The van der Waals surface area contributed by atoms with Crippen molar-refractivity contribution < 1.29 is 13.0 Å². The fourth-order valence-corrected chi connectivity index (χ4v) is 4.85. The van der Waals surface area contributed by atoms with Crippen molar-refractivity contribution in [1.82, 2.24) is 9.97 Å². The molecule has 2 heterocycles. The zero-order chi connectivity index (χ0) is 21.4. The van der Waals surface area contributed by atoms with E-state index in [0.717, 1.165) is 5.56 Å². The predicted octanol–water partition coefficient (Wildman–Crippen LogP) is 3.54. The maximum Gasteiger partial charge on any atom is 0.295 e. The summed E-state index contributed by atoms with van der Waals surface area (Å²) in [6.07, 6.45) is 0. The number of aryl methyl sites for hydroxylation is 2. The molecule has 0 radical (unpaired) electrons. The summed E-state index contributed by atoms with van der Waals surface area (Å²) in [6, 6.07) is 11.5. The summed E-state index contributed by atoms with van der Waals surface area (Å²) in [7, 11) is -4.60. The van der Waals surface area contributed by atoms with Gasteiger partial charge in [0, 0.05) is 16.2 Å².